The Labute approximate surface area is 981 Å². The monoisotopic (exact) mass is 2440 g/mol. The van der Waals surface area contributed by atoms with Crippen molar-refractivity contribution in [3.63, 3.8) is 0 Å². The summed E-state index contributed by atoms with van der Waals surface area (Å²) in [6, 6.07) is 0. The van der Waals surface area contributed by atoms with Crippen LogP contribution in [0, 0.1) is 5.41 Å². The van der Waals surface area contributed by atoms with Gasteiger partial charge in [-0.15, -0.1) is 52.6 Å². The molecule has 8 aliphatic rings. The summed E-state index contributed by atoms with van der Waals surface area (Å²) >= 11 is 54.5. The Morgan fingerprint density at radius 2 is 0.453 bits per heavy atom. The van der Waals surface area contributed by atoms with E-state index in [2.05, 4.69) is 52.6 Å². The summed E-state index contributed by atoms with van der Waals surface area (Å²) in [5.41, 5.74) is -1.51. The third-order valence-electron chi connectivity index (χ3n) is 18.7. The van der Waals surface area contributed by atoms with E-state index in [0.717, 1.165) is 23.0 Å². The van der Waals surface area contributed by atoms with Gasteiger partial charge in [0.15, 0.2) is 24.4 Å². The molecule has 0 bridgehead atoms. The van der Waals surface area contributed by atoms with Crippen molar-refractivity contribution in [3.8, 4) is 0 Å². The molecule has 0 saturated carbocycles. The summed E-state index contributed by atoms with van der Waals surface area (Å²) in [5.74, 6) is 3.01. The Hall–Kier alpha value is -2.56. The van der Waals surface area contributed by atoms with Gasteiger partial charge in [0.1, 0.15) is 78.8 Å². The molecule has 36 nitrogen and oxygen atoms in total. The van der Waals surface area contributed by atoms with Crippen molar-refractivity contribution in [2.75, 3.05) is 217 Å². The number of carbonyl (C=O) groups is 8. The smallest absolute Gasteiger partial charge is 0.260 e. The van der Waals surface area contributed by atoms with Crippen molar-refractivity contribution in [2.24, 2.45) is 5.41 Å². The molecule has 0 spiro atoms. The lowest BCUT2D eigenvalue weighted by Crippen LogP contribution is -2.45. The second-order valence-corrected chi connectivity index (χ2v) is 42.4. The number of ether oxygens (including phenoxy) is 6. The highest BCUT2D eigenvalue weighted by molar-refractivity contribution is 8.25. The molecule has 8 unspecified atom stereocenters. The highest BCUT2D eigenvalue weighted by Crippen LogP contribution is 2.29. The molecule has 8 rings (SSSR count). The number of carbonyl (C=O) groups excluding carboxylic acids is 8. The van der Waals surface area contributed by atoms with Gasteiger partial charge in [0.25, 0.3) is 23.6 Å². The van der Waals surface area contributed by atoms with Crippen LogP contribution in [0.15, 0.2) is 52.6 Å². The number of amides is 8. The molecule has 8 fully saturated rings. The fourth-order valence-corrected chi connectivity index (χ4v) is 21.7. The second kappa shape index (κ2) is 105. The first kappa shape index (κ1) is 178. The van der Waals surface area contributed by atoms with Crippen LogP contribution in [-0.4, -0.2) is 387 Å². The first-order valence-electron chi connectivity index (χ1n) is 42.6. The predicted molar refractivity (Wildman–Crippen MR) is 665 cm³/mol. The fourth-order valence-electron chi connectivity index (χ4n) is 11.9. The van der Waals surface area contributed by atoms with Crippen LogP contribution in [0.5, 0.6) is 0 Å². The van der Waals surface area contributed by atoms with E-state index in [1.54, 1.807) is 19.6 Å². The van der Waals surface area contributed by atoms with E-state index in [9.17, 15) is 38.4 Å². The van der Waals surface area contributed by atoms with Gasteiger partial charge in [-0.2, -0.15) is 0 Å². The van der Waals surface area contributed by atoms with Crippen molar-refractivity contribution < 1.29 is 135 Å². The zero-order chi connectivity index (χ0) is 97.9. The van der Waals surface area contributed by atoms with Crippen LogP contribution in [0.25, 0.3) is 0 Å². The fraction of sp³-hybridized carbons (Fsp3) is 0.755. The lowest BCUT2D eigenvalue weighted by atomic mass is 9.92. The molecule has 8 atom stereocenters. The minimum atomic E-state index is -1.51. The van der Waals surface area contributed by atoms with E-state index >= 15 is 0 Å². The Morgan fingerprint density at radius 3 is 0.713 bits per heavy atom. The number of thioether (sulfide) groups is 8. The van der Waals surface area contributed by atoms with Crippen LogP contribution in [0.3, 0.4) is 0 Å². The van der Waals surface area contributed by atoms with Gasteiger partial charge in [0, 0.05) is 118 Å². The van der Waals surface area contributed by atoms with Crippen molar-refractivity contribution in [1.82, 2.24) is 39.2 Å². The van der Waals surface area contributed by atoms with E-state index in [1.807, 2.05) is 0 Å². The van der Waals surface area contributed by atoms with Crippen molar-refractivity contribution >= 4 is 274 Å². The maximum Gasteiger partial charge on any atom is 0.260 e. The molecule has 8 aliphatic heterocycles. The van der Waals surface area contributed by atoms with Crippen molar-refractivity contribution in [3.05, 3.63) is 52.6 Å². The summed E-state index contributed by atoms with van der Waals surface area (Å²) in [7, 11) is 0. The first-order chi connectivity index (χ1) is 64.3. The minimum absolute atomic E-state index is 0. The van der Waals surface area contributed by atoms with Gasteiger partial charge < -0.3 is 28.4 Å². The van der Waals surface area contributed by atoms with Gasteiger partial charge in [0.05, 0.1) is 111 Å². The lowest BCUT2D eigenvalue weighted by Gasteiger charge is -2.34. The molecule has 888 valence electrons. The van der Waals surface area contributed by atoms with Crippen molar-refractivity contribution in [1.29, 1.82) is 0 Å². The maximum atomic E-state index is 13.8. The molecule has 150 heavy (non-hydrogen) atoms. The van der Waals surface area contributed by atoms with Crippen molar-refractivity contribution in [2.45, 2.75) is 267 Å². The molecule has 8 amide bonds. The Kier molecular flexibility index (Phi) is 125. The topological polar surface area (TPSA) is 347 Å². The lowest BCUT2D eigenvalue weighted by molar-refractivity contribution is -0.386. The average Bonchev–Trinajstić information content (AvgIpc) is 1.81. The molecule has 0 radical (unpaired) electrons. The summed E-state index contributed by atoms with van der Waals surface area (Å²) in [6.07, 6.45) is -5.77. The Morgan fingerprint density at radius 1 is 0.240 bits per heavy atom. The van der Waals surface area contributed by atoms with Gasteiger partial charge in [-0.1, -0.05) is 318 Å². The van der Waals surface area contributed by atoms with Crippen LogP contribution in [0.2, 0.25) is 0 Å². The van der Waals surface area contributed by atoms with Gasteiger partial charge in [-0.05, 0) is 66.2 Å². The van der Waals surface area contributed by atoms with E-state index in [0.29, 0.717) is 148 Å². The molecule has 0 aromatic rings. The van der Waals surface area contributed by atoms with E-state index in [1.165, 1.54) is 141 Å². The number of unbranched alkanes of at least 4 members (excludes halogenated alkanes) is 3. The van der Waals surface area contributed by atoms with Gasteiger partial charge in [0.2, 0.25) is 23.6 Å². The summed E-state index contributed by atoms with van der Waals surface area (Å²) in [5, 5.41) is 0. The number of hydrogen-bond acceptors (Lipinski definition) is 44. The summed E-state index contributed by atoms with van der Waals surface area (Å²) in [4.78, 5) is 200. The maximum absolute atomic E-state index is 13.8. The minimum Gasteiger partial charge on any atom is -0.379 e. The zero-order valence-corrected chi connectivity index (χ0v) is 88.5. The largest absolute Gasteiger partial charge is 0.379 e. The molecule has 52 heteroatoms. The van der Waals surface area contributed by atoms with Crippen LogP contribution >= 0.6 is 192 Å². The third-order valence-corrected chi connectivity index (χ3v) is 30.1. The third kappa shape index (κ3) is 66.6. The standard InChI is InChI=1S/C73H108N8O28S16.4C2H4.17CH4/c1-49(61(86)78-19-33-122-69(78)114)102-100-43-55(108-104-51(3)63(88)80-21-35-124-71(80)116)40-94-47-73(48-95-41-56(109-105-52(4)64(89)81-22-36-125-72(81)117)44-101-103-50(2)62(87)79-20-34-123-70(79)115,45-92-38-53(106-97-24-9-6-12-58(83)75-16-30-119-66(75)111)37-91-28-27-90-26-14-60(85)77-18-32-121-68(77)113)46-93-39-54(107-98-25-10-7-13-59(84)76-17-31-120-67(76)112)42-99-96-23-8-5-11-57(82)74-15-29-118-65(74)110;4*1-2;;;;;;;;;;;;;;;;;/h49-56H,5-48H2,1-4H3;4*1-2H2;17*1H4. The number of hydrogen-bond donors (Lipinski definition) is 0. The van der Waals surface area contributed by atoms with E-state index in [4.69, 9.17) is 195 Å². The summed E-state index contributed by atoms with van der Waals surface area (Å²) in [6.45, 7) is 29.9. The van der Waals surface area contributed by atoms with Crippen LogP contribution in [-0.2, 0) is 135 Å². The molecule has 0 aliphatic carbocycles. The molecule has 8 heterocycles. The number of thiocarbonyl (C=S) groups is 8. The molecule has 8 saturated heterocycles. The normalized spacial score (nSPS) is 16.4. The van der Waals surface area contributed by atoms with Gasteiger partial charge >= 0.3 is 0 Å². The number of nitrogens with zero attached hydrogens (tertiary/aromatic N) is 8. The predicted octanol–water partition coefficient (Wildman–Crippen LogP) is 21.5. The number of rotatable bonds is 64. The molecular formula is C98H192N8O28S16. The first-order valence-corrected chi connectivity index (χ1v) is 53.8. The Balaban J connectivity index is -0.000000601. The van der Waals surface area contributed by atoms with Crippen LogP contribution in [0.1, 0.15) is 218 Å². The molecule has 0 N–H and O–H groups in total. The Bertz CT molecular complexity index is 3450. The van der Waals surface area contributed by atoms with E-state index < -0.39 is 104 Å². The van der Waals surface area contributed by atoms with Gasteiger partial charge in [-0.3, -0.25) is 77.6 Å². The van der Waals surface area contributed by atoms with Gasteiger partial charge in [-0.25, -0.2) is 68.4 Å². The average molecular weight is 2440 g/mol. The molecule has 0 aromatic heterocycles. The SMILES string of the molecule is C.C.C.C.C.C.C.C.C.C.C.C.C.C.C.C.C.C=C.C=C.C=C.C=C.CC(OOCC(COCC(COCC(COCCOCCC(=O)N1CCSC1=S)OOCCCCC(=O)N1CCSC1=S)(COCC(COOCCCCC(=O)N1CCSC1=S)OOCCCCC(=O)N1CCSC1=S)COCC(COOC(C)C(=O)N1CCSC1=S)OOC(C)C(=O)N1CCSC1=S)OOC(C)C(=O)N1CCSC1=S)C(=O)N1CCSC1=S. The highest BCUT2D eigenvalue weighted by Gasteiger charge is 2.39. The highest BCUT2D eigenvalue weighted by atomic mass is 32.2. The van der Waals surface area contributed by atoms with E-state index in [-0.39, 0.29) is 268 Å². The summed E-state index contributed by atoms with van der Waals surface area (Å²) < 4.78 is 42.4. The van der Waals surface area contributed by atoms with Crippen LogP contribution < -0.4 is 0 Å². The molecule has 0 aromatic carbocycles. The quantitative estimate of drug-likeness (QED) is 0.0179. The molecular weight excluding hydrogens is 2250 g/mol. The second-order valence-electron chi connectivity index (χ2n) is 28.6. The zero-order valence-electron chi connectivity index (χ0n) is 75.4. The van der Waals surface area contributed by atoms with Crippen LogP contribution in [0.4, 0.5) is 0 Å².